The Morgan fingerprint density at radius 1 is 1.14 bits per heavy atom. The normalized spacial score (nSPS) is 21.2. The van der Waals surface area contributed by atoms with E-state index in [0.29, 0.717) is 22.3 Å². The average molecular weight is 409 g/mol. The molecule has 1 aliphatic carbocycles. The largest absolute Gasteiger partial charge is 0.490 e. The first kappa shape index (κ1) is 19.8. The molecule has 2 aliphatic rings. The third-order valence-corrected chi connectivity index (χ3v) is 6.39. The van der Waals surface area contributed by atoms with Crippen LogP contribution >= 0.6 is 11.6 Å². The van der Waals surface area contributed by atoms with E-state index >= 15 is 0 Å². The van der Waals surface area contributed by atoms with Crippen molar-refractivity contribution in [2.24, 2.45) is 0 Å². The van der Waals surface area contributed by atoms with Crippen molar-refractivity contribution >= 4 is 17.5 Å². The van der Waals surface area contributed by atoms with Crippen LogP contribution < -0.4 is 4.74 Å². The van der Waals surface area contributed by atoms with Gasteiger partial charge in [-0.1, -0.05) is 37.6 Å². The summed E-state index contributed by atoms with van der Waals surface area (Å²) in [6.07, 6.45) is 3.79. The molecule has 2 aromatic carbocycles. The molecule has 1 fully saturated rings. The highest BCUT2D eigenvalue weighted by Gasteiger charge is 2.35. The second kappa shape index (κ2) is 8.08. The fourth-order valence-corrected chi connectivity index (χ4v) is 4.56. The minimum Gasteiger partial charge on any atom is -0.490 e. The molecule has 0 saturated heterocycles. The van der Waals surface area contributed by atoms with Crippen molar-refractivity contribution in [3.63, 3.8) is 0 Å². The minimum atomic E-state index is 0.114. The smallest absolute Gasteiger partial charge is 0.254 e. The number of hydrogen-bond acceptors (Lipinski definition) is 3. The van der Waals surface area contributed by atoms with Crippen molar-refractivity contribution < 1.29 is 9.53 Å². The second-order valence-corrected chi connectivity index (χ2v) is 8.71. The maximum Gasteiger partial charge on any atom is 0.254 e. The lowest BCUT2D eigenvalue weighted by atomic mass is 9.92. The molecule has 0 atom stereocenters. The third kappa shape index (κ3) is 3.97. The van der Waals surface area contributed by atoms with Crippen LogP contribution in [0.3, 0.4) is 0 Å². The van der Waals surface area contributed by atoms with E-state index in [0.717, 1.165) is 43.4 Å². The van der Waals surface area contributed by atoms with Gasteiger partial charge in [-0.2, -0.15) is 5.26 Å². The summed E-state index contributed by atoms with van der Waals surface area (Å²) < 4.78 is 6.08. The molecule has 4 rings (SSSR count). The van der Waals surface area contributed by atoms with E-state index in [-0.39, 0.29) is 18.1 Å². The molecule has 0 unspecified atom stereocenters. The first-order valence-corrected chi connectivity index (χ1v) is 10.6. The van der Waals surface area contributed by atoms with Gasteiger partial charge in [0.15, 0.2) is 0 Å². The maximum absolute atomic E-state index is 12.9. The molecule has 1 saturated carbocycles. The number of rotatable bonds is 4. The number of carbonyl (C=O) groups excluding carboxylic acids is 1. The van der Waals surface area contributed by atoms with E-state index in [1.54, 1.807) is 18.2 Å². The first-order valence-electron chi connectivity index (χ1n) is 10.3. The summed E-state index contributed by atoms with van der Waals surface area (Å²) in [6, 6.07) is 13.8. The van der Waals surface area contributed by atoms with E-state index in [4.69, 9.17) is 21.6 Å². The van der Waals surface area contributed by atoms with Crippen LogP contribution in [0.1, 0.15) is 72.5 Å². The molecular formula is C24H25ClN2O2. The van der Waals surface area contributed by atoms with Crippen molar-refractivity contribution in [1.82, 2.24) is 4.90 Å². The predicted molar refractivity (Wildman–Crippen MR) is 113 cm³/mol. The van der Waals surface area contributed by atoms with Crippen LogP contribution in [0.15, 0.2) is 36.4 Å². The van der Waals surface area contributed by atoms with Gasteiger partial charge in [0.05, 0.1) is 16.7 Å². The zero-order valence-electron chi connectivity index (χ0n) is 16.8. The van der Waals surface area contributed by atoms with Crippen LogP contribution in [0.25, 0.3) is 0 Å². The predicted octanol–water partition coefficient (Wildman–Crippen LogP) is 5.68. The monoisotopic (exact) mass is 408 g/mol. The molecule has 1 heterocycles. The summed E-state index contributed by atoms with van der Waals surface area (Å²) in [5.41, 5.74) is 3.76. The highest BCUT2D eigenvalue weighted by molar-refractivity contribution is 6.31. The number of fused-ring (bicyclic) bond motifs is 1. The van der Waals surface area contributed by atoms with Gasteiger partial charge in [0, 0.05) is 24.2 Å². The average Bonchev–Trinajstić information content (AvgIpc) is 3.05. The van der Waals surface area contributed by atoms with Crippen LogP contribution in [0, 0.1) is 11.3 Å². The zero-order valence-corrected chi connectivity index (χ0v) is 17.6. The molecule has 1 aliphatic heterocycles. The fourth-order valence-electron chi connectivity index (χ4n) is 4.34. The van der Waals surface area contributed by atoms with Crippen LogP contribution in [0.5, 0.6) is 5.75 Å². The highest BCUT2D eigenvalue weighted by Crippen LogP contribution is 2.34. The van der Waals surface area contributed by atoms with Crippen LogP contribution in [0.4, 0.5) is 0 Å². The van der Waals surface area contributed by atoms with Crippen molar-refractivity contribution in [2.45, 2.75) is 64.1 Å². The summed E-state index contributed by atoms with van der Waals surface area (Å²) in [7, 11) is 0. The topological polar surface area (TPSA) is 53.3 Å². The van der Waals surface area contributed by atoms with Crippen molar-refractivity contribution in [3.05, 3.63) is 63.7 Å². The Morgan fingerprint density at radius 2 is 1.90 bits per heavy atom. The summed E-state index contributed by atoms with van der Waals surface area (Å²) in [5.74, 6) is 1.33. The molecule has 0 spiro atoms. The number of carbonyl (C=O) groups is 1. The van der Waals surface area contributed by atoms with E-state index in [1.807, 2.05) is 11.0 Å². The molecule has 5 heteroatoms. The molecule has 4 nitrogen and oxygen atoms in total. The van der Waals surface area contributed by atoms with Gasteiger partial charge in [0.1, 0.15) is 11.8 Å². The molecule has 29 heavy (non-hydrogen) atoms. The summed E-state index contributed by atoms with van der Waals surface area (Å²) in [5, 5.41) is 9.40. The summed E-state index contributed by atoms with van der Waals surface area (Å²) in [6.45, 7) is 5.08. The molecule has 150 valence electrons. The van der Waals surface area contributed by atoms with E-state index in [9.17, 15) is 4.79 Å². The van der Waals surface area contributed by atoms with Gasteiger partial charge in [-0.15, -0.1) is 0 Å². The number of amides is 1. The first-order chi connectivity index (χ1) is 14.0. The molecular weight excluding hydrogens is 384 g/mol. The van der Waals surface area contributed by atoms with Gasteiger partial charge < -0.3 is 9.64 Å². The Bertz CT molecular complexity index is 971. The maximum atomic E-state index is 12.9. The summed E-state index contributed by atoms with van der Waals surface area (Å²) >= 11 is 6.10. The molecule has 0 radical (unpaired) electrons. The van der Waals surface area contributed by atoms with E-state index in [1.165, 1.54) is 5.56 Å². The third-order valence-electron chi connectivity index (χ3n) is 6.08. The second-order valence-electron chi connectivity index (χ2n) is 8.31. The number of hydrogen-bond donors (Lipinski definition) is 0. The Labute approximate surface area is 177 Å². The summed E-state index contributed by atoms with van der Waals surface area (Å²) in [4.78, 5) is 14.9. The van der Waals surface area contributed by atoms with Gasteiger partial charge in [-0.3, -0.25) is 4.79 Å². The molecule has 0 aromatic heterocycles. The van der Waals surface area contributed by atoms with Crippen molar-refractivity contribution in [1.29, 1.82) is 5.26 Å². The molecule has 1 amide bonds. The SMILES string of the molecule is CC(C)c1ccc2c(c1)CN(C1CCC(Oc3ccc(C#N)c(Cl)c3)CC1)C2=O. The van der Waals surface area contributed by atoms with Gasteiger partial charge in [-0.25, -0.2) is 0 Å². The van der Waals surface area contributed by atoms with Gasteiger partial charge >= 0.3 is 0 Å². The molecule has 0 bridgehead atoms. The number of nitriles is 1. The van der Waals surface area contributed by atoms with Crippen molar-refractivity contribution in [3.8, 4) is 11.8 Å². The molecule has 2 aromatic rings. The van der Waals surface area contributed by atoms with Crippen LogP contribution in [0.2, 0.25) is 5.02 Å². The van der Waals surface area contributed by atoms with E-state index in [2.05, 4.69) is 32.0 Å². The Balaban J connectivity index is 1.37. The van der Waals surface area contributed by atoms with Gasteiger partial charge in [-0.05, 0) is 60.9 Å². The lowest BCUT2D eigenvalue weighted by molar-refractivity contribution is 0.0561. The highest BCUT2D eigenvalue weighted by atomic mass is 35.5. The zero-order chi connectivity index (χ0) is 20.5. The number of ether oxygens (including phenoxy) is 1. The lowest BCUT2D eigenvalue weighted by Gasteiger charge is -2.34. The van der Waals surface area contributed by atoms with Crippen LogP contribution in [-0.2, 0) is 6.54 Å². The minimum absolute atomic E-state index is 0.114. The molecule has 0 N–H and O–H groups in total. The Kier molecular flexibility index (Phi) is 5.52. The quantitative estimate of drug-likeness (QED) is 0.653. The van der Waals surface area contributed by atoms with Crippen molar-refractivity contribution in [2.75, 3.05) is 0 Å². The van der Waals surface area contributed by atoms with Gasteiger partial charge in [0.2, 0.25) is 0 Å². The standard InChI is InChI=1S/C24H25ClN2O2/c1-15(2)16-4-10-22-18(11-16)14-27(24(22)28)19-5-8-20(9-6-19)29-21-7-3-17(13-26)23(25)12-21/h3-4,7,10-12,15,19-20H,5-6,8-9,14H2,1-2H3. The van der Waals surface area contributed by atoms with E-state index < -0.39 is 0 Å². The number of halogens is 1. The lowest BCUT2D eigenvalue weighted by Crippen LogP contribution is -2.40. The fraction of sp³-hybridized carbons (Fsp3) is 0.417. The number of benzene rings is 2. The van der Waals surface area contributed by atoms with Gasteiger partial charge in [0.25, 0.3) is 5.91 Å². The Hall–Kier alpha value is -2.51. The Morgan fingerprint density at radius 3 is 2.55 bits per heavy atom. The number of nitrogens with zero attached hydrogens (tertiary/aromatic N) is 2. The van der Waals surface area contributed by atoms with Crippen LogP contribution in [-0.4, -0.2) is 23.0 Å².